The highest BCUT2D eigenvalue weighted by Crippen LogP contribution is 2.25. The van der Waals surface area contributed by atoms with Gasteiger partial charge in [-0.15, -0.1) is 0 Å². The number of rotatable bonds is 3. The molecule has 0 fully saturated rings. The summed E-state index contributed by atoms with van der Waals surface area (Å²) in [4.78, 5) is 7.70. The van der Waals surface area contributed by atoms with Gasteiger partial charge in [-0.1, -0.05) is 6.07 Å². The maximum Gasteiger partial charge on any atom is 0.120 e. The van der Waals surface area contributed by atoms with Crippen molar-refractivity contribution in [2.24, 2.45) is 0 Å². The summed E-state index contributed by atoms with van der Waals surface area (Å²) in [5.41, 5.74) is 3.07. The Morgan fingerprint density at radius 1 is 1.17 bits per heavy atom. The Kier molecular flexibility index (Phi) is 2.73. The molecule has 0 aliphatic carbocycles. The minimum absolute atomic E-state index is 0.684. The lowest BCUT2D eigenvalue weighted by Crippen LogP contribution is -1.90. The van der Waals surface area contributed by atoms with Crippen LogP contribution in [0.5, 0.6) is 5.75 Å². The Morgan fingerprint density at radius 2 is 2.11 bits per heavy atom. The highest BCUT2D eigenvalue weighted by molar-refractivity contribution is 5.86. The summed E-state index contributed by atoms with van der Waals surface area (Å²) in [6, 6.07) is 14.0. The fourth-order valence-corrected chi connectivity index (χ4v) is 2.03. The predicted molar refractivity (Wildman–Crippen MR) is 72.7 cm³/mol. The smallest absolute Gasteiger partial charge is 0.120 e. The van der Waals surface area contributed by atoms with Crippen LogP contribution in [-0.2, 0) is 0 Å². The van der Waals surface area contributed by atoms with Gasteiger partial charge in [0.1, 0.15) is 5.75 Å². The first-order chi connectivity index (χ1) is 8.86. The minimum atomic E-state index is 0.684. The van der Waals surface area contributed by atoms with Gasteiger partial charge in [0.05, 0.1) is 18.0 Å². The van der Waals surface area contributed by atoms with E-state index < -0.39 is 0 Å². The molecule has 3 aromatic rings. The van der Waals surface area contributed by atoms with Crippen LogP contribution >= 0.6 is 0 Å². The Bertz CT molecular complexity index is 659. The van der Waals surface area contributed by atoms with E-state index >= 15 is 0 Å². The van der Waals surface area contributed by atoms with E-state index in [1.54, 1.807) is 6.20 Å². The van der Waals surface area contributed by atoms with Crippen LogP contribution in [0.3, 0.4) is 0 Å². The molecule has 0 unspecified atom stereocenters. The number of nitrogens with zero attached hydrogens (tertiary/aromatic N) is 1. The number of H-pyrrole nitrogens is 1. The summed E-state index contributed by atoms with van der Waals surface area (Å²) < 4.78 is 5.50. The molecule has 0 aliphatic rings. The van der Waals surface area contributed by atoms with E-state index in [0.717, 1.165) is 28.0 Å². The number of ether oxygens (including phenoxy) is 1. The SMILES string of the molecule is CCOc1ccc2[nH]c(-c3ccccn3)cc2c1. The molecule has 90 valence electrons. The monoisotopic (exact) mass is 238 g/mol. The molecular weight excluding hydrogens is 224 g/mol. The van der Waals surface area contributed by atoms with Gasteiger partial charge < -0.3 is 9.72 Å². The molecule has 0 bridgehead atoms. The first-order valence-corrected chi connectivity index (χ1v) is 6.04. The van der Waals surface area contributed by atoms with Crippen LogP contribution < -0.4 is 4.74 Å². The van der Waals surface area contributed by atoms with Crippen LogP contribution in [0.4, 0.5) is 0 Å². The Balaban J connectivity index is 2.06. The first-order valence-electron chi connectivity index (χ1n) is 6.04. The predicted octanol–water partition coefficient (Wildman–Crippen LogP) is 3.63. The number of fused-ring (bicyclic) bond motifs is 1. The third kappa shape index (κ3) is 1.95. The largest absolute Gasteiger partial charge is 0.494 e. The maximum atomic E-state index is 5.50. The van der Waals surface area contributed by atoms with Gasteiger partial charge in [0, 0.05) is 17.1 Å². The molecule has 0 amide bonds. The zero-order valence-corrected chi connectivity index (χ0v) is 10.2. The van der Waals surface area contributed by atoms with Crippen molar-refractivity contribution in [3.8, 4) is 17.1 Å². The van der Waals surface area contributed by atoms with Crippen LogP contribution in [-0.4, -0.2) is 16.6 Å². The molecule has 2 heterocycles. The molecule has 0 spiro atoms. The third-order valence-corrected chi connectivity index (χ3v) is 2.84. The number of nitrogens with one attached hydrogen (secondary N) is 1. The molecular formula is C15H14N2O. The van der Waals surface area contributed by atoms with Gasteiger partial charge in [0.15, 0.2) is 0 Å². The summed E-state index contributed by atoms with van der Waals surface area (Å²) >= 11 is 0. The van der Waals surface area contributed by atoms with E-state index in [-0.39, 0.29) is 0 Å². The van der Waals surface area contributed by atoms with Gasteiger partial charge in [0.25, 0.3) is 0 Å². The molecule has 2 aromatic heterocycles. The fourth-order valence-electron chi connectivity index (χ4n) is 2.03. The number of aromatic amines is 1. The summed E-state index contributed by atoms with van der Waals surface area (Å²) in [7, 11) is 0. The minimum Gasteiger partial charge on any atom is -0.494 e. The Labute approximate surface area is 105 Å². The zero-order valence-electron chi connectivity index (χ0n) is 10.2. The second-order valence-electron chi connectivity index (χ2n) is 4.08. The molecule has 3 heteroatoms. The quantitative estimate of drug-likeness (QED) is 0.756. The van der Waals surface area contributed by atoms with E-state index in [0.29, 0.717) is 6.61 Å². The molecule has 0 aliphatic heterocycles. The first kappa shape index (κ1) is 10.8. The number of hydrogen-bond donors (Lipinski definition) is 1. The molecule has 3 rings (SSSR count). The van der Waals surface area contributed by atoms with Crippen molar-refractivity contribution in [3.05, 3.63) is 48.7 Å². The number of benzene rings is 1. The van der Waals surface area contributed by atoms with Crippen LogP contribution in [0, 0.1) is 0 Å². The zero-order chi connectivity index (χ0) is 12.4. The van der Waals surface area contributed by atoms with Crippen molar-refractivity contribution in [2.45, 2.75) is 6.92 Å². The second kappa shape index (κ2) is 4.53. The third-order valence-electron chi connectivity index (χ3n) is 2.84. The summed E-state index contributed by atoms with van der Waals surface area (Å²) in [5, 5.41) is 1.14. The summed E-state index contributed by atoms with van der Waals surface area (Å²) in [5.74, 6) is 0.900. The summed E-state index contributed by atoms with van der Waals surface area (Å²) in [6.45, 7) is 2.67. The molecule has 0 radical (unpaired) electrons. The van der Waals surface area contributed by atoms with Gasteiger partial charge in [-0.3, -0.25) is 4.98 Å². The average Bonchev–Trinajstić information content (AvgIpc) is 2.83. The Morgan fingerprint density at radius 3 is 2.89 bits per heavy atom. The van der Waals surface area contributed by atoms with E-state index in [1.165, 1.54) is 0 Å². The molecule has 3 nitrogen and oxygen atoms in total. The lowest BCUT2D eigenvalue weighted by atomic mass is 10.2. The van der Waals surface area contributed by atoms with Crippen molar-refractivity contribution in [1.29, 1.82) is 0 Å². The van der Waals surface area contributed by atoms with Crippen molar-refractivity contribution < 1.29 is 4.74 Å². The topological polar surface area (TPSA) is 37.9 Å². The average molecular weight is 238 g/mol. The van der Waals surface area contributed by atoms with E-state index in [1.807, 2.05) is 43.3 Å². The van der Waals surface area contributed by atoms with E-state index in [4.69, 9.17) is 4.74 Å². The highest BCUT2D eigenvalue weighted by Gasteiger charge is 2.04. The van der Waals surface area contributed by atoms with Gasteiger partial charge in [-0.25, -0.2) is 0 Å². The lowest BCUT2D eigenvalue weighted by molar-refractivity contribution is 0.341. The maximum absolute atomic E-state index is 5.50. The highest BCUT2D eigenvalue weighted by atomic mass is 16.5. The Hall–Kier alpha value is -2.29. The van der Waals surface area contributed by atoms with Gasteiger partial charge in [0.2, 0.25) is 0 Å². The number of aromatic nitrogens is 2. The molecule has 0 saturated carbocycles. The van der Waals surface area contributed by atoms with E-state index in [9.17, 15) is 0 Å². The molecule has 0 saturated heterocycles. The van der Waals surface area contributed by atoms with Gasteiger partial charge in [-0.2, -0.15) is 0 Å². The lowest BCUT2D eigenvalue weighted by Gasteiger charge is -2.01. The molecule has 1 N–H and O–H groups in total. The van der Waals surface area contributed by atoms with Crippen molar-refractivity contribution in [3.63, 3.8) is 0 Å². The van der Waals surface area contributed by atoms with Gasteiger partial charge in [-0.05, 0) is 43.3 Å². The van der Waals surface area contributed by atoms with E-state index in [2.05, 4.69) is 16.0 Å². The number of hydrogen-bond acceptors (Lipinski definition) is 2. The van der Waals surface area contributed by atoms with Crippen molar-refractivity contribution in [1.82, 2.24) is 9.97 Å². The van der Waals surface area contributed by atoms with Crippen LogP contribution in [0.25, 0.3) is 22.3 Å². The number of pyridine rings is 1. The summed E-state index contributed by atoms with van der Waals surface area (Å²) in [6.07, 6.45) is 1.80. The van der Waals surface area contributed by atoms with Crippen LogP contribution in [0.2, 0.25) is 0 Å². The fraction of sp³-hybridized carbons (Fsp3) is 0.133. The molecule has 0 atom stereocenters. The van der Waals surface area contributed by atoms with Crippen molar-refractivity contribution >= 4 is 10.9 Å². The van der Waals surface area contributed by atoms with Crippen LogP contribution in [0.1, 0.15) is 6.92 Å². The van der Waals surface area contributed by atoms with Gasteiger partial charge >= 0.3 is 0 Å². The molecule has 1 aromatic carbocycles. The normalized spacial score (nSPS) is 10.7. The second-order valence-corrected chi connectivity index (χ2v) is 4.08. The van der Waals surface area contributed by atoms with Crippen molar-refractivity contribution in [2.75, 3.05) is 6.61 Å². The molecule has 18 heavy (non-hydrogen) atoms. The van der Waals surface area contributed by atoms with Crippen LogP contribution in [0.15, 0.2) is 48.7 Å². The standard InChI is InChI=1S/C15H14N2O/c1-2-18-12-6-7-13-11(9-12)10-15(17-13)14-5-3-4-8-16-14/h3-10,17H,2H2,1H3.